The van der Waals surface area contributed by atoms with Crippen molar-refractivity contribution in [3.05, 3.63) is 18.2 Å². The molecule has 0 saturated heterocycles. The number of imidazole rings is 1. The van der Waals surface area contributed by atoms with E-state index >= 15 is 0 Å². The van der Waals surface area contributed by atoms with E-state index in [-0.39, 0.29) is 6.42 Å². The molecular formula is C9H10N2O2. The molecule has 4 nitrogen and oxygen atoms in total. The summed E-state index contributed by atoms with van der Waals surface area (Å²) in [5.74, 6) is 4.39. The highest BCUT2D eigenvalue weighted by Gasteiger charge is 1.92. The normalized spacial score (nSPS) is 9.00. The smallest absolute Gasteiger partial charge is 0.315 e. The Balaban J connectivity index is 2.41. The SMILES string of the molecule is Cn1cnc(CC#CCC(=O)O)c1. The molecule has 0 spiro atoms. The Kier molecular flexibility index (Phi) is 3.09. The number of carboxylic acids is 1. The van der Waals surface area contributed by atoms with Gasteiger partial charge in [0.25, 0.3) is 0 Å². The number of carbonyl (C=O) groups is 1. The van der Waals surface area contributed by atoms with Crippen molar-refractivity contribution in [1.82, 2.24) is 9.55 Å². The van der Waals surface area contributed by atoms with E-state index < -0.39 is 5.97 Å². The molecule has 68 valence electrons. The molecule has 0 radical (unpaired) electrons. The second-order valence-corrected chi connectivity index (χ2v) is 2.63. The van der Waals surface area contributed by atoms with Crippen molar-refractivity contribution in [3.63, 3.8) is 0 Å². The van der Waals surface area contributed by atoms with Crippen molar-refractivity contribution in [3.8, 4) is 11.8 Å². The molecule has 1 heterocycles. The lowest BCUT2D eigenvalue weighted by Crippen LogP contribution is -1.90. The van der Waals surface area contributed by atoms with Gasteiger partial charge in [-0.15, -0.1) is 0 Å². The summed E-state index contributed by atoms with van der Waals surface area (Å²) in [6.45, 7) is 0. The molecule has 0 bridgehead atoms. The zero-order valence-corrected chi connectivity index (χ0v) is 7.32. The van der Waals surface area contributed by atoms with Gasteiger partial charge in [-0.3, -0.25) is 4.79 Å². The van der Waals surface area contributed by atoms with Crippen LogP contribution in [-0.4, -0.2) is 20.6 Å². The lowest BCUT2D eigenvalue weighted by Gasteiger charge is -1.83. The fraction of sp³-hybridized carbons (Fsp3) is 0.333. The average Bonchev–Trinajstić information content (AvgIpc) is 2.45. The average molecular weight is 178 g/mol. The van der Waals surface area contributed by atoms with Gasteiger partial charge in [0.05, 0.1) is 18.4 Å². The highest BCUT2D eigenvalue weighted by atomic mass is 16.4. The molecule has 0 unspecified atom stereocenters. The van der Waals surface area contributed by atoms with Crippen molar-refractivity contribution in [2.75, 3.05) is 0 Å². The molecule has 0 aliphatic rings. The van der Waals surface area contributed by atoms with E-state index in [1.165, 1.54) is 0 Å². The minimum absolute atomic E-state index is 0.104. The Morgan fingerprint density at radius 2 is 2.46 bits per heavy atom. The Morgan fingerprint density at radius 1 is 1.69 bits per heavy atom. The van der Waals surface area contributed by atoms with Gasteiger partial charge in [0.15, 0.2) is 0 Å². The number of aliphatic carboxylic acids is 1. The summed E-state index contributed by atoms with van der Waals surface area (Å²) in [4.78, 5) is 14.1. The van der Waals surface area contributed by atoms with Crippen LogP contribution in [0.3, 0.4) is 0 Å². The van der Waals surface area contributed by atoms with E-state index in [1.54, 1.807) is 6.33 Å². The van der Waals surface area contributed by atoms with Crippen LogP contribution in [0.5, 0.6) is 0 Å². The third kappa shape index (κ3) is 3.43. The number of aromatic nitrogens is 2. The molecule has 0 saturated carbocycles. The second-order valence-electron chi connectivity index (χ2n) is 2.63. The van der Waals surface area contributed by atoms with Crippen LogP contribution < -0.4 is 0 Å². The van der Waals surface area contributed by atoms with Crippen LogP contribution in [0.4, 0.5) is 0 Å². The van der Waals surface area contributed by atoms with Crippen molar-refractivity contribution < 1.29 is 9.90 Å². The first-order chi connectivity index (χ1) is 6.18. The topological polar surface area (TPSA) is 55.1 Å². The molecule has 1 rings (SSSR count). The lowest BCUT2D eigenvalue weighted by molar-refractivity contribution is -0.135. The summed E-state index contributed by atoms with van der Waals surface area (Å²) < 4.78 is 1.83. The van der Waals surface area contributed by atoms with Gasteiger partial charge in [0.2, 0.25) is 0 Å². The third-order valence-electron chi connectivity index (χ3n) is 1.39. The van der Waals surface area contributed by atoms with Gasteiger partial charge in [-0.05, 0) is 0 Å². The number of carboxylic acid groups (broad SMARTS) is 1. The van der Waals surface area contributed by atoms with Gasteiger partial charge in [0, 0.05) is 13.2 Å². The van der Waals surface area contributed by atoms with E-state index in [0.29, 0.717) is 6.42 Å². The second kappa shape index (κ2) is 4.31. The maximum absolute atomic E-state index is 10.1. The standard InChI is InChI=1S/C9H10N2O2/c1-11-6-8(10-7-11)4-2-3-5-9(12)13/h6-7H,4-5H2,1H3,(H,12,13). The van der Waals surface area contributed by atoms with Gasteiger partial charge in [0.1, 0.15) is 6.42 Å². The lowest BCUT2D eigenvalue weighted by atomic mass is 10.3. The van der Waals surface area contributed by atoms with Crippen LogP contribution in [0.25, 0.3) is 0 Å². The molecule has 1 aromatic heterocycles. The molecule has 0 aliphatic heterocycles. The minimum Gasteiger partial charge on any atom is -0.481 e. The maximum Gasteiger partial charge on any atom is 0.315 e. The summed E-state index contributed by atoms with van der Waals surface area (Å²) in [6.07, 6.45) is 3.95. The quantitative estimate of drug-likeness (QED) is 0.668. The van der Waals surface area contributed by atoms with E-state index in [2.05, 4.69) is 16.8 Å². The number of hydrogen-bond acceptors (Lipinski definition) is 2. The summed E-state index contributed by atoms with van der Waals surface area (Å²) in [7, 11) is 1.88. The van der Waals surface area contributed by atoms with Gasteiger partial charge in [-0.25, -0.2) is 4.98 Å². The fourth-order valence-corrected chi connectivity index (χ4v) is 0.849. The van der Waals surface area contributed by atoms with Gasteiger partial charge in [-0.1, -0.05) is 11.8 Å². The third-order valence-corrected chi connectivity index (χ3v) is 1.39. The van der Waals surface area contributed by atoms with E-state index in [4.69, 9.17) is 5.11 Å². The Labute approximate surface area is 76.2 Å². The largest absolute Gasteiger partial charge is 0.481 e. The molecule has 0 atom stereocenters. The fourth-order valence-electron chi connectivity index (χ4n) is 0.849. The zero-order chi connectivity index (χ0) is 9.68. The van der Waals surface area contributed by atoms with Crippen LogP contribution in [0.2, 0.25) is 0 Å². The van der Waals surface area contributed by atoms with Gasteiger partial charge < -0.3 is 9.67 Å². The van der Waals surface area contributed by atoms with Crippen molar-refractivity contribution >= 4 is 5.97 Å². The Morgan fingerprint density at radius 3 is 3.00 bits per heavy atom. The summed E-state index contributed by atoms with van der Waals surface area (Å²) >= 11 is 0. The monoisotopic (exact) mass is 178 g/mol. The number of aryl methyl sites for hydroxylation is 1. The number of nitrogens with zero attached hydrogens (tertiary/aromatic N) is 2. The molecule has 4 heteroatoms. The van der Waals surface area contributed by atoms with E-state index in [0.717, 1.165) is 5.69 Å². The van der Waals surface area contributed by atoms with Crippen molar-refractivity contribution in [1.29, 1.82) is 0 Å². The number of rotatable bonds is 2. The van der Waals surface area contributed by atoms with Gasteiger partial charge in [-0.2, -0.15) is 0 Å². The van der Waals surface area contributed by atoms with Gasteiger partial charge >= 0.3 is 5.97 Å². The molecule has 0 aliphatic carbocycles. The van der Waals surface area contributed by atoms with Crippen LogP contribution in [0.1, 0.15) is 12.1 Å². The first-order valence-corrected chi connectivity index (χ1v) is 3.83. The minimum atomic E-state index is -0.895. The maximum atomic E-state index is 10.1. The molecule has 0 fully saturated rings. The summed E-state index contributed by atoms with van der Waals surface area (Å²) in [5, 5.41) is 8.29. The van der Waals surface area contributed by atoms with Crippen molar-refractivity contribution in [2.45, 2.75) is 12.8 Å². The van der Waals surface area contributed by atoms with Crippen LogP contribution in [0.15, 0.2) is 12.5 Å². The van der Waals surface area contributed by atoms with Crippen LogP contribution >= 0.6 is 0 Å². The molecule has 13 heavy (non-hydrogen) atoms. The number of hydrogen-bond donors (Lipinski definition) is 1. The Bertz CT molecular complexity index is 357. The summed E-state index contributed by atoms with van der Waals surface area (Å²) in [6, 6.07) is 0. The van der Waals surface area contributed by atoms with Crippen molar-refractivity contribution in [2.24, 2.45) is 7.05 Å². The molecule has 1 N–H and O–H groups in total. The van der Waals surface area contributed by atoms with Crippen LogP contribution in [-0.2, 0) is 18.3 Å². The van der Waals surface area contributed by atoms with Crippen LogP contribution in [0, 0.1) is 11.8 Å². The molecule has 0 aromatic carbocycles. The zero-order valence-electron chi connectivity index (χ0n) is 7.32. The highest BCUT2D eigenvalue weighted by molar-refractivity contribution is 5.69. The summed E-state index contributed by atoms with van der Waals surface area (Å²) in [5.41, 5.74) is 0.861. The highest BCUT2D eigenvalue weighted by Crippen LogP contribution is 1.93. The first kappa shape index (κ1) is 9.33. The van der Waals surface area contributed by atoms with E-state index in [9.17, 15) is 4.79 Å². The predicted molar refractivity (Wildman–Crippen MR) is 46.9 cm³/mol. The predicted octanol–water partition coefficient (Wildman–Crippen LogP) is 0.441. The Hall–Kier alpha value is -1.76. The molecule has 0 amide bonds. The van der Waals surface area contributed by atoms with E-state index in [1.807, 2.05) is 17.8 Å². The molecule has 1 aromatic rings. The molecular weight excluding hydrogens is 168 g/mol. The first-order valence-electron chi connectivity index (χ1n) is 3.83.